The lowest BCUT2D eigenvalue weighted by atomic mass is 10.3. The summed E-state index contributed by atoms with van der Waals surface area (Å²) in [5.74, 6) is 0.578. The molecule has 0 aliphatic heterocycles. The van der Waals surface area contributed by atoms with Crippen molar-refractivity contribution >= 4 is 24.4 Å². The SMILES string of the molecule is C[P+](=S)Oc1ccc([N+](=O)[O-])cc1. The van der Waals surface area contributed by atoms with Crippen molar-refractivity contribution in [1.29, 1.82) is 0 Å². The van der Waals surface area contributed by atoms with Gasteiger partial charge >= 0.3 is 6.92 Å². The molecule has 1 atom stereocenters. The fourth-order valence-corrected chi connectivity index (χ4v) is 1.45. The summed E-state index contributed by atoms with van der Waals surface area (Å²) >= 11 is 4.85. The molecule has 4 nitrogen and oxygen atoms in total. The van der Waals surface area contributed by atoms with Crippen LogP contribution in [0.3, 0.4) is 0 Å². The second-order valence-corrected chi connectivity index (χ2v) is 4.89. The van der Waals surface area contributed by atoms with Gasteiger partial charge in [-0.3, -0.25) is 14.6 Å². The van der Waals surface area contributed by atoms with E-state index in [1.165, 1.54) is 12.1 Å². The Morgan fingerprint density at radius 3 is 2.38 bits per heavy atom. The Balaban J connectivity index is 2.81. The number of hydrogen-bond acceptors (Lipinski definition) is 4. The Labute approximate surface area is 81.2 Å². The zero-order chi connectivity index (χ0) is 9.84. The van der Waals surface area contributed by atoms with Crippen LogP contribution in [0.5, 0.6) is 5.75 Å². The van der Waals surface area contributed by atoms with Crippen LogP contribution in [0.15, 0.2) is 24.3 Å². The van der Waals surface area contributed by atoms with Gasteiger partial charge < -0.3 is 0 Å². The van der Waals surface area contributed by atoms with Gasteiger partial charge in [-0.25, -0.2) is 0 Å². The number of nitro groups is 1. The zero-order valence-electron chi connectivity index (χ0n) is 6.84. The van der Waals surface area contributed by atoms with Gasteiger partial charge in [0.15, 0.2) is 5.75 Å². The number of rotatable bonds is 3. The summed E-state index contributed by atoms with van der Waals surface area (Å²) in [6.45, 7) is 0.896. The molecule has 0 spiro atoms. The summed E-state index contributed by atoms with van der Waals surface area (Å²) in [6.07, 6.45) is 0. The predicted octanol–water partition coefficient (Wildman–Crippen LogP) is 2.46. The molecular weight excluding hydrogens is 209 g/mol. The Morgan fingerprint density at radius 1 is 1.46 bits per heavy atom. The van der Waals surface area contributed by atoms with Gasteiger partial charge in [0.1, 0.15) is 6.66 Å². The van der Waals surface area contributed by atoms with Crippen LogP contribution in [0.25, 0.3) is 0 Å². The lowest BCUT2D eigenvalue weighted by molar-refractivity contribution is -0.384. The molecule has 0 bridgehead atoms. The van der Waals surface area contributed by atoms with E-state index in [0.29, 0.717) is 5.75 Å². The average molecular weight is 216 g/mol. The minimum absolute atomic E-state index is 0.0529. The highest BCUT2D eigenvalue weighted by Gasteiger charge is 2.08. The second kappa shape index (κ2) is 4.25. The van der Waals surface area contributed by atoms with Crippen LogP contribution >= 0.6 is 6.92 Å². The molecule has 0 fully saturated rings. The molecule has 0 radical (unpaired) electrons. The van der Waals surface area contributed by atoms with Crippen molar-refractivity contribution in [2.45, 2.75) is 0 Å². The Bertz CT molecular complexity index is 338. The van der Waals surface area contributed by atoms with Gasteiger partial charge in [0, 0.05) is 12.1 Å². The molecule has 0 amide bonds. The number of nitro benzene ring substituents is 1. The maximum atomic E-state index is 10.3. The van der Waals surface area contributed by atoms with E-state index in [4.69, 9.17) is 16.3 Å². The zero-order valence-corrected chi connectivity index (χ0v) is 8.55. The normalized spacial score (nSPS) is 10.7. The third-order valence-corrected chi connectivity index (χ3v) is 1.97. The fraction of sp³-hybridized carbons (Fsp3) is 0.143. The summed E-state index contributed by atoms with van der Waals surface area (Å²) in [4.78, 5) is 9.83. The van der Waals surface area contributed by atoms with Crippen molar-refractivity contribution < 1.29 is 9.45 Å². The van der Waals surface area contributed by atoms with Gasteiger partial charge in [0.05, 0.1) is 4.92 Å². The quantitative estimate of drug-likeness (QED) is 0.442. The molecule has 68 valence electrons. The number of benzene rings is 1. The summed E-state index contributed by atoms with van der Waals surface area (Å²) < 4.78 is 5.21. The number of nitrogens with zero attached hydrogens (tertiary/aromatic N) is 1. The smallest absolute Gasteiger partial charge is 0.278 e. The maximum Gasteiger partial charge on any atom is 0.384 e. The molecule has 13 heavy (non-hydrogen) atoms. The van der Waals surface area contributed by atoms with Crippen molar-refractivity contribution in [1.82, 2.24) is 0 Å². The molecule has 0 saturated carbocycles. The largest absolute Gasteiger partial charge is 0.384 e. The number of non-ortho nitro benzene ring substituents is 1. The lowest BCUT2D eigenvalue weighted by Gasteiger charge is -1.92. The van der Waals surface area contributed by atoms with E-state index in [9.17, 15) is 10.1 Å². The first kappa shape index (κ1) is 10.0. The van der Waals surface area contributed by atoms with E-state index in [2.05, 4.69) is 0 Å². The highest BCUT2D eigenvalue weighted by atomic mass is 32.4. The monoisotopic (exact) mass is 216 g/mol. The molecule has 1 aromatic carbocycles. The van der Waals surface area contributed by atoms with Gasteiger partial charge in [-0.15, -0.1) is 0 Å². The van der Waals surface area contributed by atoms with E-state index in [1.54, 1.807) is 18.8 Å². The molecule has 1 aromatic rings. The first-order chi connectivity index (χ1) is 6.09. The molecule has 0 saturated heterocycles. The first-order valence-corrected chi connectivity index (χ1v) is 6.15. The summed E-state index contributed by atoms with van der Waals surface area (Å²) in [5.41, 5.74) is 0.0529. The van der Waals surface area contributed by atoms with E-state index >= 15 is 0 Å². The molecule has 0 aliphatic carbocycles. The predicted molar refractivity (Wildman–Crippen MR) is 53.9 cm³/mol. The highest BCUT2D eigenvalue weighted by Crippen LogP contribution is 2.25. The van der Waals surface area contributed by atoms with E-state index < -0.39 is 11.8 Å². The molecule has 1 unspecified atom stereocenters. The molecule has 0 heterocycles. The lowest BCUT2D eigenvalue weighted by Crippen LogP contribution is -1.87. The standard InChI is InChI=1S/C7H7NO3PS/c1-12(13)11-7-4-2-6(3-5-7)8(9)10/h2-5H,1H3/q+1. The van der Waals surface area contributed by atoms with Crippen molar-refractivity contribution in [2.75, 3.05) is 6.66 Å². The molecule has 0 aromatic heterocycles. The minimum atomic E-state index is -0.888. The van der Waals surface area contributed by atoms with Crippen LogP contribution < -0.4 is 4.52 Å². The average Bonchev–Trinajstić information content (AvgIpc) is 2.04. The maximum absolute atomic E-state index is 10.3. The fourth-order valence-electron chi connectivity index (χ4n) is 0.777. The van der Waals surface area contributed by atoms with E-state index in [1.807, 2.05) is 0 Å². The Hall–Kier alpha value is -1.06. The van der Waals surface area contributed by atoms with Gasteiger partial charge in [0.25, 0.3) is 5.69 Å². The first-order valence-electron chi connectivity index (χ1n) is 3.43. The van der Waals surface area contributed by atoms with E-state index in [0.717, 1.165) is 0 Å². The second-order valence-electron chi connectivity index (χ2n) is 2.28. The van der Waals surface area contributed by atoms with Crippen molar-refractivity contribution in [2.24, 2.45) is 0 Å². The Kier molecular flexibility index (Phi) is 3.28. The van der Waals surface area contributed by atoms with Crippen LogP contribution in [0.4, 0.5) is 5.69 Å². The Morgan fingerprint density at radius 2 is 2.00 bits per heavy atom. The summed E-state index contributed by atoms with van der Waals surface area (Å²) in [5, 5.41) is 10.3. The third kappa shape index (κ3) is 3.05. The number of hydrogen-bond donors (Lipinski definition) is 0. The third-order valence-electron chi connectivity index (χ3n) is 1.28. The molecule has 1 rings (SSSR count). The van der Waals surface area contributed by atoms with Gasteiger partial charge in [-0.05, 0) is 12.1 Å². The van der Waals surface area contributed by atoms with Gasteiger partial charge in [-0.2, -0.15) is 0 Å². The molecule has 6 heteroatoms. The van der Waals surface area contributed by atoms with Crippen LogP contribution in [0.1, 0.15) is 0 Å². The molecule has 0 aliphatic rings. The van der Waals surface area contributed by atoms with Crippen LogP contribution in [0, 0.1) is 10.1 Å². The highest BCUT2D eigenvalue weighted by molar-refractivity contribution is 8.02. The summed E-state index contributed by atoms with van der Waals surface area (Å²) in [6, 6.07) is 5.87. The van der Waals surface area contributed by atoms with Crippen LogP contribution in [0.2, 0.25) is 0 Å². The van der Waals surface area contributed by atoms with E-state index in [-0.39, 0.29) is 5.69 Å². The van der Waals surface area contributed by atoms with Crippen molar-refractivity contribution in [3.05, 3.63) is 34.4 Å². The van der Waals surface area contributed by atoms with Gasteiger partial charge in [0.2, 0.25) is 11.8 Å². The minimum Gasteiger partial charge on any atom is -0.278 e. The topological polar surface area (TPSA) is 52.4 Å². The molecular formula is C7H7NO3PS+. The van der Waals surface area contributed by atoms with Crippen molar-refractivity contribution in [3.8, 4) is 5.75 Å². The summed E-state index contributed by atoms with van der Waals surface area (Å²) in [7, 11) is 0. The van der Waals surface area contributed by atoms with Crippen LogP contribution in [-0.2, 0) is 11.8 Å². The molecule has 0 N–H and O–H groups in total. The van der Waals surface area contributed by atoms with Crippen molar-refractivity contribution in [3.63, 3.8) is 0 Å². The van der Waals surface area contributed by atoms with Gasteiger partial charge in [-0.1, -0.05) is 0 Å². The van der Waals surface area contributed by atoms with Crippen LogP contribution in [-0.4, -0.2) is 11.6 Å².